The van der Waals surface area contributed by atoms with E-state index in [0.29, 0.717) is 0 Å². The Morgan fingerprint density at radius 1 is 0.639 bits per heavy atom. The summed E-state index contributed by atoms with van der Waals surface area (Å²) in [6.07, 6.45) is 2.14. The van der Waals surface area contributed by atoms with Crippen LogP contribution in [0.2, 0.25) is 0 Å². The smallest absolute Gasteiger partial charge is 0.222 e. The summed E-state index contributed by atoms with van der Waals surface area (Å²) in [5.41, 5.74) is 10.0. The highest BCUT2D eigenvalue weighted by Crippen LogP contribution is 2.43. The summed E-state index contributed by atoms with van der Waals surface area (Å²) in [7, 11) is -2.82. The molecule has 0 aliphatic heterocycles. The zero-order valence-electron chi connectivity index (χ0n) is 19.8. The van der Waals surface area contributed by atoms with Crippen molar-refractivity contribution in [1.29, 1.82) is 0 Å². The van der Waals surface area contributed by atoms with Gasteiger partial charge in [-0.05, 0) is 52.4 Å². The number of hydrogen-bond acceptors (Lipinski definition) is 5. The maximum Gasteiger partial charge on any atom is 0.270 e. The van der Waals surface area contributed by atoms with Crippen LogP contribution in [0.4, 0.5) is 0 Å². The lowest BCUT2D eigenvalue weighted by Gasteiger charge is -2.17. The summed E-state index contributed by atoms with van der Waals surface area (Å²) in [5, 5.41) is 3.42. The maximum absolute atomic E-state index is 8.49. The molecule has 0 aliphatic rings. The number of thiazole rings is 1. The standard InChI is InChI=1S/C29H24NS.ClHO4/c1-21-13-15-22(16-14-21)25-19-26(23-9-5-3-6-10-23)28(29-30(2)17-18-31-29)27(20-25)24-11-7-4-8-12-24;2-1(3,4)5/h3-20H,1-2H3;(H,2,3,4,5)/q+1;/p-1. The summed E-state index contributed by atoms with van der Waals surface area (Å²) in [4.78, 5) is 0. The zero-order chi connectivity index (χ0) is 25.7. The van der Waals surface area contributed by atoms with E-state index in [1.54, 1.807) is 11.3 Å². The van der Waals surface area contributed by atoms with E-state index in [0.717, 1.165) is 0 Å². The van der Waals surface area contributed by atoms with Crippen molar-refractivity contribution in [2.75, 3.05) is 0 Å². The van der Waals surface area contributed by atoms with Gasteiger partial charge in [0.25, 0.3) is 5.01 Å². The van der Waals surface area contributed by atoms with Crippen molar-refractivity contribution in [2.45, 2.75) is 6.92 Å². The summed E-state index contributed by atoms with van der Waals surface area (Å²) in [6, 6.07) is 35.0. The third-order valence-corrected chi connectivity index (χ3v) is 6.66. The van der Waals surface area contributed by atoms with E-state index in [-0.39, 0.29) is 0 Å². The molecule has 5 nitrogen and oxygen atoms in total. The van der Waals surface area contributed by atoms with Crippen LogP contribution in [0.3, 0.4) is 0 Å². The molecule has 36 heavy (non-hydrogen) atoms. The molecule has 0 atom stereocenters. The number of benzene rings is 4. The normalized spacial score (nSPS) is 11.1. The van der Waals surface area contributed by atoms with Crippen LogP contribution >= 0.6 is 11.3 Å². The van der Waals surface area contributed by atoms with Crippen molar-refractivity contribution < 1.29 is 33.4 Å². The topological polar surface area (TPSA) is 96.1 Å². The van der Waals surface area contributed by atoms with E-state index in [1.165, 1.54) is 49.5 Å². The zero-order valence-corrected chi connectivity index (χ0v) is 21.3. The second kappa shape index (κ2) is 11.1. The van der Waals surface area contributed by atoms with Crippen LogP contribution in [0.5, 0.6) is 0 Å². The van der Waals surface area contributed by atoms with E-state index in [1.807, 2.05) is 0 Å². The molecule has 0 N–H and O–H groups in total. The van der Waals surface area contributed by atoms with Crippen molar-refractivity contribution in [3.05, 3.63) is 114 Å². The first-order valence-electron chi connectivity index (χ1n) is 11.1. The van der Waals surface area contributed by atoms with E-state index in [9.17, 15) is 0 Å². The van der Waals surface area contributed by atoms with Gasteiger partial charge >= 0.3 is 0 Å². The van der Waals surface area contributed by atoms with Crippen molar-refractivity contribution in [3.8, 4) is 44.0 Å². The van der Waals surface area contributed by atoms with Crippen LogP contribution < -0.4 is 23.2 Å². The fraction of sp³-hybridized carbons (Fsp3) is 0.0690. The van der Waals surface area contributed by atoms with Gasteiger partial charge in [0.2, 0.25) is 0 Å². The average molecular weight is 518 g/mol. The number of nitrogens with zero attached hydrogens (tertiary/aromatic N) is 1. The monoisotopic (exact) mass is 517 g/mol. The first-order valence-corrected chi connectivity index (χ1v) is 13.2. The molecule has 0 bridgehead atoms. The molecule has 5 rings (SSSR count). The third kappa shape index (κ3) is 6.44. The largest absolute Gasteiger partial charge is 0.270 e. The van der Waals surface area contributed by atoms with E-state index in [4.69, 9.17) is 18.6 Å². The van der Waals surface area contributed by atoms with Crippen LogP contribution in [0, 0.1) is 17.2 Å². The molecule has 0 spiro atoms. The summed E-state index contributed by atoms with van der Waals surface area (Å²) < 4.78 is 36.2. The van der Waals surface area contributed by atoms with Gasteiger partial charge in [0.1, 0.15) is 7.05 Å². The predicted octanol–water partition coefficient (Wildman–Crippen LogP) is 2.79. The Kier molecular flexibility index (Phi) is 7.96. The number of hydrogen-bond donors (Lipinski definition) is 0. The molecule has 1 aromatic heterocycles. The minimum absolute atomic E-state index is 1.23. The minimum atomic E-state index is -4.94. The Morgan fingerprint density at radius 2 is 1.11 bits per heavy atom. The molecule has 5 aromatic rings. The molecule has 4 aromatic carbocycles. The first kappa shape index (κ1) is 25.7. The number of rotatable bonds is 4. The maximum atomic E-state index is 8.49. The number of halogens is 1. The molecule has 0 unspecified atom stereocenters. The molecular weight excluding hydrogens is 494 g/mol. The van der Waals surface area contributed by atoms with Crippen molar-refractivity contribution in [3.63, 3.8) is 0 Å². The molecule has 182 valence electrons. The lowest BCUT2D eigenvalue weighted by molar-refractivity contribution is -2.00. The highest BCUT2D eigenvalue weighted by Gasteiger charge is 2.23. The van der Waals surface area contributed by atoms with Gasteiger partial charge in [-0.25, -0.2) is 18.6 Å². The predicted molar refractivity (Wildman–Crippen MR) is 132 cm³/mol. The first-order chi connectivity index (χ1) is 17.2. The van der Waals surface area contributed by atoms with Gasteiger partial charge in [-0.2, -0.15) is 4.57 Å². The summed E-state index contributed by atoms with van der Waals surface area (Å²) >= 11 is 1.79. The Bertz CT molecular complexity index is 1360. The second-order valence-electron chi connectivity index (χ2n) is 8.24. The van der Waals surface area contributed by atoms with Gasteiger partial charge < -0.3 is 0 Å². The summed E-state index contributed by atoms with van der Waals surface area (Å²) in [6.45, 7) is 2.13. The van der Waals surface area contributed by atoms with Gasteiger partial charge in [0.15, 0.2) is 6.20 Å². The van der Waals surface area contributed by atoms with Gasteiger partial charge in [-0.15, -0.1) is 10.2 Å². The lowest BCUT2D eigenvalue weighted by Crippen LogP contribution is -2.68. The van der Waals surface area contributed by atoms with Crippen LogP contribution in [0.1, 0.15) is 5.56 Å². The quantitative estimate of drug-likeness (QED) is 0.342. The summed E-state index contributed by atoms with van der Waals surface area (Å²) in [5.74, 6) is 0. The Labute approximate surface area is 216 Å². The van der Waals surface area contributed by atoms with Crippen molar-refractivity contribution in [2.24, 2.45) is 7.05 Å². The molecule has 0 amide bonds. The van der Waals surface area contributed by atoms with Crippen LogP contribution in [-0.4, -0.2) is 0 Å². The second-order valence-corrected chi connectivity index (χ2v) is 9.89. The molecule has 0 fully saturated rings. The molecule has 0 radical (unpaired) electrons. The van der Waals surface area contributed by atoms with Crippen LogP contribution in [0.25, 0.3) is 44.0 Å². The Balaban J connectivity index is 0.000000556. The minimum Gasteiger partial charge on any atom is -0.222 e. The van der Waals surface area contributed by atoms with Crippen molar-refractivity contribution >= 4 is 11.3 Å². The molecule has 0 saturated heterocycles. The number of aromatic nitrogens is 1. The van der Waals surface area contributed by atoms with Crippen LogP contribution in [-0.2, 0) is 7.05 Å². The fourth-order valence-corrected chi connectivity index (χ4v) is 4.99. The highest BCUT2D eigenvalue weighted by molar-refractivity contribution is 7.12. The Hall–Kier alpha value is -3.36. The molecule has 7 heteroatoms. The lowest BCUT2D eigenvalue weighted by atomic mass is 9.88. The third-order valence-electron chi connectivity index (χ3n) is 5.69. The number of aryl methyl sites for hydroxylation is 2. The molecule has 0 saturated carbocycles. The SMILES string of the molecule is Cc1ccc(-c2cc(-c3ccccc3)c(-c3scc[n+]3C)c(-c3ccccc3)c2)cc1.[O-][Cl+3]([O-])([O-])[O-]. The average Bonchev–Trinajstić information content (AvgIpc) is 3.29. The molecule has 0 aliphatic carbocycles. The Morgan fingerprint density at radius 3 is 1.53 bits per heavy atom. The van der Waals surface area contributed by atoms with Gasteiger partial charge in [-0.3, -0.25) is 0 Å². The molecule has 1 heterocycles. The van der Waals surface area contributed by atoms with Gasteiger partial charge in [-0.1, -0.05) is 102 Å². The van der Waals surface area contributed by atoms with E-state index < -0.39 is 10.2 Å². The van der Waals surface area contributed by atoms with Crippen molar-refractivity contribution in [1.82, 2.24) is 0 Å². The van der Waals surface area contributed by atoms with E-state index >= 15 is 0 Å². The van der Waals surface area contributed by atoms with Gasteiger partial charge in [0.05, 0.1) is 10.9 Å². The molecular formula is C29H24ClNO4S. The van der Waals surface area contributed by atoms with Gasteiger partial charge in [0, 0.05) is 0 Å². The fourth-order valence-electron chi connectivity index (χ4n) is 4.05. The van der Waals surface area contributed by atoms with E-state index in [2.05, 4.69) is 127 Å². The van der Waals surface area contributed by atoms with Crippen LogP contribution in [0.15, 0.2) is 109 Å². The highest BCUT2D eigenvalue weighted by atomic mass is 35.7.